The molecular formula is C16H17NO2. The van der Waals surface area contributed by atoms with Crippen molar-refractivity contribution < 1.29 is 9.53 Å². The second kappa shape index (κ2) is 6.83. The van der Waals surface area contributed by atoms with E-state index in [9.17, 15) is 4.79 Å². The van der Waals surface area contributed by atoms with Crippen LogP contribution >= 0.6 is 0 Å². The molecule has 0 fully saturated rings. The zero-order chi connectivity index (χ0) is 13.5. The lowest BCUT2D eigenvalue weighted by Gasteiger charge is -2.22. The summed E-state index contributed by atoms with van der Waals surface area (Å²) in [4.78, 5) is 11.3. The first-order valence-electron chi connectivity index (χ1n) is 6.19. The van der Waals surface area contributed by atoms with Crippen molar-refractivity contribution in [3.63, 3.8) is 0 Å². The van der Waals surface area contributed by atoms with Gasteiger partial charge < -0.3 is 9.53 Å². The smallest absolute Gasteiger partial charge is 0.141 e. The molecule has 98 valence electrons. The normalized spacial score (nSPS) is 13.7. The van der Waals surface area contributed by atoms with Gasteiger partial charge in [-0.1, -0.05) is 60.7 Å². The summed E-state index contributed by atoms with van der Waals surface area (Å²) >= 11 is 0. The number of rotatable bonds is 6. The van der Waals surface area contributed by atoms with Gasteiger partial charge in [0.1, 0.15) is 12.5 Å². The molecule has 2 unspecified atom stereocenters. The molecule has 3 nitrogen and oxygen atoms in total. The molecule has 2 aromatic rings. The van der Waals surface area contributed by atoms with Gasteiger partial charge in [0.15, 0.2) is 0 Å². The first-order valence-corrected chi connectivity index (χ1v) is 6.19. The number of hydrogen-bond donors (Lipinski definition) is 1. The van der Waals surface area contributed by atoms with Gasteiger partial charge in [0.25, 0.3) is 0 Å². The number of nitrogens with one attached hydrogen (secondary N) is 1. The van der Waals surface area contributed by atoms with Crippen LogP contribution in [0.3, 0.4) is 0 Å². The predicted octanol–water partition coefficient (Wildman–Crippen LogP) is 2.86. The monoisotopic (exact) mass is 255 g/mol. The number of aldehydes is 1. The molecule has 0 aliphatic carbocycles. The molecule has 2 rings (SSSR count). The molecule has 0 aliphatic heterocycles. The second-order valence-corrected chi connectivity index (χ2v) is 4.22. The van der Waals surface area contributed by atoms with Crippen molar-refractivity contribution in [1.82, 2.24) is 5.32 Å². The molecular weight excluding hydrogens is 238 g/mol. The summed E-state index contributed by atoms with van der Waals surface area (Å²) in [5.41, 5.74) is 1.92. The van der Waals surface area contributed by atoms with Crippen molar-refractivity contribution in [1.29, 1.82) is 0 Å². The molecule has 0 saturated carbocycles. The van der Waals surface area contributed by atoms with Gasteiger partial charge in [-0.2, -0.15) is 0 Å². The lowest BCUT2D eigenvalue weighted by Crippen LogP contribution is -2.28. The maximum absolute atomic E-state index is 11.3. The van der Waals surface area contributed by atoms with Crippen LogP contribution in [0.1, 0.15) is 23.4 Å². The average molecular weight is 255 g/mol. The summed E-state index contributed by atoms with van der Waals surface area (Å²) in [6.45, 7) is 0. The standard InChI is InChI=1S/C16H17NO2/c1-19-16(14-10-6-3-7-11-14)17-15(12-18)13-8-4-2-5-9-13/h2-12,15-17H,1H3. The third kappa shape index (κ3) is 3.50. The van der Waals surface area contributed by atoms with Crippen molar-refractivity contribution in [2.24, 2.45) is 0 Å². The van der Waals surface area contributed by atoms with Crippen LogP contribution in [0.5, 0.6) is 0 Å². The SMILES string of the molecule is COC(NC(C=O)c1ccccc1)c1ccccc1. The van der Waals surface area contributed by atoms with E-state index in [4.69, 9.17) is 4.74 Å². The van der Waals surface area contributed by atoms with E-state index in [1.807, 2.05) is 60.7 Å². The van der Waals surface area contributed by atoms with Crippen molar-refractivity contribution in [3.8, 4) is 0 Å². The molecule has 0 radical (unpaired) electrons. The Kier molecular flexibility index (Phi) is 4.84. The molecule has 0 aromatic heterocycles. The Morgan fingerprint density at radius 3 is 1.95 bits per heavy atom. The zero-order valence-electron chi connectivity index (χ0n) is 10.8. The average Bonchev–Trinajstić information content (AvgIpc) is 2.50. The quantitative estimate of drug-likeness (QED) is 0.637. The van der Waals surface area contributed by atoms with E-state index in [-0.39, 0.29) is 12.3 Å². The number of methoxy groups -OCH3 is 1. The van der Waals surface area contributed by atoms with E-state index in [1.54, 1.807) is 7.11 Å². The largest absolute Gasteiger partial charge is 0.362 e. The Bertz CT molecular complexity index is 499. The minimum atomic E-state index is -0.383. The van der Waals surface area contributed by atoms with E-state index < -0.39 is 0 Å². The van der Waals surface area contributed by atoms with Crippen LogP contribution in [-0.4, -0.2) is 13.4 Å². The summed E-state index contributed by atoms with van der Waals surface area (Å²) in [6, 6.07) is 19.0. The molecule has 1 N–H and O–H groups in total. The van der Waals surface area contributed by atoms with Gasteiger partial charge in [-0.15, -0.1) is 0 Å². The number of benzene rings is 2. The topological polar surface area (TPSA) is 38.3 Å². The molecule has 0 amide bonds. The highest BCUT2D eigenvalue weighted by atomic mass is 16.5. The zero-order valence-corrected chi connectivity index (χ0v) is 10.8. The molecule has 0 heterocycles. The first-order chi connectivity index (χ1) is 9.35. The highest BCUT2D eigenvalue weighted by molar-refractivity contribution is 5.61. The third-order valence-corrected chi connectivity index (χ3v) is 2.96. The van der Waals surface area contributed by atoms with Crippen LogP contribution in [0.4, 0.5) is 0 Å². The van der Waals surface area contributed by atoms with Crippen LogP contribution in [0.25, 0.3) is 0 Å². The summed E-state index contributed by atoms with van der Waals surface area (Å²) in [5, 5.41) is 3.20. The van der Waals surface area contributed by atoms with Crippen LogP contribution in [-0.2, 0) is 9.53 Å². The first kappa shape index (κ1) is 13.5. The Balaban J connectivity index is 2.15. The molecule has 0 saturated heterocycles. The molecule has 3 heteroatoms. The van der Waals surface area contributed by atoms with Gasteiger partial charge in [-0.25, -0.2) is 0 Å². The van der Waals surface area contributed by atoms with Crippen molar-refractivity contribution >= 4 is 6.29 Å². The van der Waals surface area contributed by atoms with Crippen molar-refractivity contribution in [2.45, 2.75) is 12.3 Å². The highest BCUT2D eigenvalue weighted by Crippen LogP contribution is 2.19. The van der Waals surface area contributed by atoms with Gasteiger partial charge in [0.05, 0.1) is 6.04 Å². The van der Waals surface area contributed by atoms with Crippen LogP contribution in [0.15, 0.2) is 60.7 Å². The van der Waals surface area contributed by atoms with Gasteiger partial charge in [0.2, 0.25) is 0 Å². The molecule has 0 spiro atoms. The minimum Gasteiger partial charge on any atom is -0.362 e. The van der Waals surface area contributed by atoms with Crippen molar-refractivity contribution in [3.05, 3.63) is 71.8 Å². The number of hydrogen-bond acceptors (Lipinski definition) is 3. The summed E-state index contributed by atoms with van der Waals surface area (Å²) in [7, 11) is 1.62. The van der Waals surface area contributed by atoms with Gasteiger partial charge in [0, 0.05) is 7.11 Å². The molecule has 0 bridgehead atoms. The van der Waals surface area contributed by atoms with E-state index in [0.29, 0.717) is 0 Å². The maximum atomic E-state index is 11.3. The van der Waals surface area contributed by atoms with E-state index in [0.717, 1.165) is 17.4 Å². The van der Waals surface area contributed by atoms with E-state index in [1.165, 1.54) is 0 Å². The summed E-state index contributed by atoms with van der Waals surface area (Å²) in [5.74, 6) is 0. The molecule has 0 aliphatic rings. The Morgan fingerprint density at radius 2 is 1.47 bits per heavy atom. The van der Waals surface area contributed by atoms with Gasteiger partial charge in [-0.3, -0.25) is 5.32 Å². The van der Waals surface area contributed by atoms with Crippen LogP contribution < -0.4 is 5.32 Å². The van der Waals surface area contributed by atoms with E-state index >= 15 is 0 Å². The molecule has 19 heavy (non-hydrogen) atoms. The van der Waals surface area contributed by atoms with E-state index in [2.05, 4.69) is 5.32 Å². The third-order valence-electron chi connectivity index (χ3n) is 2.96. The predicted molar refractivity (Wildman–Crippen MR) is 74.6 cm³/mol. The van der Waals surface area contributed by atoms with Gasteiger partial charge >= 0.3 is 0 Å². The van der Waals surface area contributed by atoms with Gasteiger partial charge in [-0.05, 0) is 11.1 Å². The Morgan fingerprint density at radius 1 is 0.947 bits per heavy atom. The number of ether oxygens (including phenoxy) is 1. The maximum Gasteiger partial charge on any atom is 0.141 e. The minimum absolute atomic E-state index is 0.309. The number of carbonyl (C=O) groups excluding carboxylic acids is 1. The lowest BCUT2D eigenvalue weighted by atomic mass is 10.1. The Hall–Kier alpha value is -1.97. The fourth-order valence-electron chi connectivity index (χ4n) is 1.97. The second-order valence-electron chi connectivity index (χ2n) is 4.22. The summed E-state index contributed by atoms with van der Waals surface area (Å²) in [6.07, 6.45) is 0.584. The van der Waals surface area contributed by atoms with Crippen LogP contribution in [0.2, 0.25) is 0 Å². The summed E-state index contributed by atoms with van der Waals surface area (Å²) < 4.78 is 5.42. The van der Waals surface area contributed by atoms with Crippen LogP contribution in [0, 0.1) is 0 Å². The fourth-order valence-corrected chi connectivity index (χ4v) is 1.97. The Labute approximate surface area is 113 Å². The number of carbonyl (C=O) groups is 1. The molecule has 2 atom stereocenters. The lowest BCUT2D eigenvalue weighted by molar-refractivity contribution is -0.110. The molecule has 2 aromatic carbocycles. The fraction of sp³-hybridized carbons (Fsp3) is 0.188. The highest BCUT2D eigenvalue weighted by Gasteiger charge is 2.17. The van der Waals surface area contributed by atoms with Crippen molar-refractivity contribution in [2.75, 3.05) is 7.11 Å².